The minimum atomic E-state index is -3.67. The lowest BCUT2D eigenvalue weighted by molar-refractivity contribution is -0.122. The number of hydrogen-bond donors (Lipinski definition) is 3. The third kappa shape index (κ3) is 6.15. The molecule has 1 aromatic heterocycles. The second kappa shape index (κ2) is 9.81. The molecule has 2 amide bonds. The van der Waals surface area contributed by atoms with Crippen molar-refractivity contribution in [2.75, 3.05) is 7.05 Å². The van der Waals surface area contributed by atoms with Gasteiger partial charge in [0.25, 0.3) is 5.91 Å². The van der Waals surface area contributed by atoms with E-state index in [2.05, 4.69) is 15.4 Å². The summed E-state index contributed by atoms with van der Waals surface area (Å²) in [5.74, 6) is -0.465. The molecule has 0 aliphatic rings. The first-order valence-corrected chi connectivity index (χ1v) is 11.2. The smallest absolute Gasteiger partial charge is 0.251 e. The van der Waals surface area contributed by atoms with Crippen molar-refractivity contribution in [3.05, 3.63) is 52.2 Å². The van der Waals surface area contributed by atoms with Crippen LogP contribution >= 0.6 is 11.3 Å². The summed E-state index contributed by atoms with van der Waals surface area (Å²) < 4.78 is 27.3. The number of hydrogen-bond acceptors (Lipinski definition) is 5. The molecule has 1 atom stereocenters. The molecule has 1 unspecified atom stereocenters. The van der Waals surface area contributed by atoms with Gasteiger partial charge in [0.15, 0.2) is 0 Å². The van der Waals surface area contributed by atoms with Crippen LogP contribution in [0.5, 0.6) is 0 Å². The van der Waals surface area contributed by atoms with Crippen molar-refractivity contribution in [1.82, 2.24) is 15.4 Å². The number of carbonyl (C=O) groups excluding carboxylic acids is 2. The van der Waals surface area contributed by atoms with Gasteiger partial charge in [-0.2, -0.15) is 0 Å². The molecule has 0 fully saturated rings. The highest BCUT2D eigenvalue weighted by atomic mass is 32.2. The number of likely N-dealkylation sites (N-methyl/N-ethyl adjacent to an activating group) is 1. The predicted molar refractivity (Wildman–Crippen MR) is 110 cm³/mol. The third-order valence-electron chi connectivity index (χ3n) is 4.02. The molecule has 0 saturated carbocycles. The van der Waals surface area contributed by atoms with Crippen LogP contribution < -0.4 is 15.4 Å². The number of benzene rings is 1. The zero-order chi connectivity index (χ0) is 20.7. The highest BCUT2D eigenvalue weighted by Gasteiger charge is 2.22. The SMILES string of the molecule is CNC(=O)C(CC(C)C)NC(=O)c1ccc(S(=O)(=O)NCc2cccs2)cc1. The largest absolute Gasteiger partial charge is 0.357 e. The number of nitrogens with one attached hydrogen (secondary N) is 3. The van der Waals surface area contributed by atoms with E-state index in [1.54, 1.807) is 0 Å². The molecule has 1 aromatic carbocycles. The first-order chi connectivity index (χ1) is 13.2. The average molecular weight is 424 g/mol. The van der Waals surface area contributed by atoms with E-state index in [1.807, 2.05) is 31.4 Å². The van der Waals surface area contributed by atoms with Gasteiger partial charge in [-0.15, -0.1) is 11.3 Å². The van der Waals surface area contributed by atoms with Crippen LogP contribution in [0.3, 0.4) is 0 Å². The standard InChI is InChI=1S/C19H25N3O4S2/c1-13(2)11-17(19(24)20-3)22-18(23)14-6-8-16(9-7-14)28(25,26)21-12-15-5-4-10-27-15/h4-10,13,17,21H,11-12H2,1-3H3,(H,20,24)(H,22,23). The van der Waals surface area contributed by atoms with Crippen LogP contribution in [0.25, 0.3) is 0 Å². The third-order valence-corrected chi connectivity index (χ3v) is 6.31. The van der Waals surface area contributed by atoms with Crippen molar-refractivity contribution < 1.29 is 18.0 Å². The van der Waals surface area contributed by atoms with Gasteiger partial charge in [0, 0.05) is 24.0 Å². The zero-order valence-electron chi connectivity index (χ0n) is 16.1. The molecular weight excluding hydrogens is 398 g/mol. The van der Waals surface area contributed by atoms with Gasteiger partial charge < -0.3 is 10.6 Å². The maximum absolute atomic E-state index is 12.4. The molecule has 1 heterocycles. The molecule has 0 radical (unpaired) electrons. The fourth-order valence-electron chi connectivity index (χ4n) is 2.57. The minimum Gasteiger partial charge on any atom is -0.357 e. The highest BCUT2D eigenvalue weighted by molar-refractivity contribution is 7.89. The van der Waals surface area contributed by atoms with Crippen LogP contribution in [-0.4, -0.2) is 33.3 Å². The summed E-state index contributed by atoms with van der Waals surface area (Å²) in [6, 6.07) is 8.68. The monoisotopic (exact) mass is 423 g/mol. The molecule has 0 aliphatic carbocycles. The van der Waals surface area contributed by atoms with E-state index in [0.29, 0.717) is 6.42 Å². The number of amides is 2. The molecule has 2 rings (SSSR count). The van der Waals surface area contributed by atoms with Crippen molar-refractivity contribution in [1.29, 1.82) is 0 Å². The van der Waals surface area contributed by atoms with Gasteiger partial charge in [0.05, 0.1) is 4.90 Å². The van der Waals surface area contributed by atoms with E-state index < -0.39 is 22.0 Å². The summed E-state index contributed by atoms with van der Waals surface area (Å²) in [5.41, 5.74) is 0.287. The Morgan fingerprint density at radius 1 is 1.11 bits per heavy atom. The lowest BCUT2D eigenvalue weighted by atomic mass is 10.0. The van der Waals surface area contributed by atoms with Gasteiger partial charge in [-0.1, -0.05) is 19.9 Å². The molecule has 0 aliphatic heterocycles. The maximum atomic E-state index is 12.4. The average Bonchev–Trinajstić information content (AvgIpc) is 3.18. The van der Waals surface area contributed by atoms with E-state index in [1.165, 1.54) is 42.6 Å². The van der Waals surface area contributed by atoms with E-state index >= 15 is 0 Å². The Labute approximate surface area is 169 Å². The molecule has 0 spiro atoms. The van der Waals surface area contributed by atoms with Gasteiger partial charge in [0.1, 0.15) is 6.04 Å². The van der Waals surface area contributed by atoms with Crippen molar-refractivity contribution in [3.63, 3.8) is 0 Å². The van der Waals surface area contributed by atoms with E-state index in [0.717, 1.165) is 4.88 Å². The Hall–Kier alpha value is -2.23. The van der Waals surface area contributed by atoms with Crippen LogP contribution in [0.1, 0.15) is 35.5 Å². The van der Waals surface area contributed by atoms with Crippen LogP contribution in [0, 0.1) is 5.92 Å². The van der Waals surface area contributed by atoms with Crippen molar-refractivity contribution >= 4 is 33.2 Å². The second-order valence-electron chi connectivity index (χ2n) is 6.70. The van der Waals surface area contributed by atoms with Crippen LogP contribution in [0.15, 0.2) is 46.7 Å². The molecule has 3 N–H and O–H groups in total. The topological polar surface area (TPSA) is 104 Å². The molecule has 9 heteroatoms. The molecule has 28 heavy (non-hydrogen) atoms. The van der Waals surface area contributed by atoms with Crippen molar-refractivity contribution in [2.45, 2.75) is 37.8 Å². The quantitative estimate of drug-likeness (QED) is 0.575. The van der Waals surface area contributed by atoms with Crippen molar-refractivity contribution in [2.24, 2.45) is 5.92 Å². The summed E-state index contributed by atoms with van der Waals surface area (Å²) in [6.07, 6.45) is 0.504. The Balaban J connectivity index is 2.05. The summed E-state index contributed by atoms with van der Waals surface area (Å²) in [6.45, 7) is 4.14. The van der Waals surface area contributed by atoms with Gasteiger partial charge in [-0.05, 0) is 48.1 Å². The Morgan fingerprint density at radius 2 is 1.79 bits per heavy atom. The van der Waals surface area contributed by atoms with Gasteiger partial charge in [-0.25, -0.2) is 13.1 Å². The molecule has 0 bridgehead atoms. The molecular formula is C19H25N3O4S2. The van der Waals surface area contributed by atoms with Crippen molar-refractivity contribution in [3.8, 4) is 0 Å². The Bertz CT molecular complexity index is 892. The second-order valence-corrected chi connectivity index (χ2v) is 9.50. The van der Waals surface area contributed by atoms with Gasteiger partial charge in [-0.3, -0.25) is 9.59 Å². The zero-order valence-corrected chi connectivity index (χ0v) is 17.7. The Morgan fingerprint density at radius 3 is 2.32 bits per heavy atom. The summed E-state index contributed by atoms with van der Waals surface area (Å²) in [7, 11) is -2.16. The number of sulfonamides is 1. The first-order valence-electron chi connectivity index (χ1n) is 8.87. The maximum Gasteiger partial charge on any atom is 0.251 e. The first kappa shape index (κ1) is 22.1. The van der Waals surface area contributed by atoms with Gasteiger partial charge >= 0.3 is 0 Å². The lowest BCUT2D eigenvalue weighted by Crippen LogP contribution is -2.46. The normalized spacial score (nSPS) is 12.6. The molecule has 2 aromatic rings. The van der Waals surface area contributed by atoms with E-state index in [-0.39, 0.29) is 28.8 Å². The molecule has 152 valence electrons. The fraction of sp³-hybridized carbons (Fsp3) is 0.368. The predicted octanol–water partition coefficient (Wildman–Crippen LogP) is 2.12. The highest BCUT2D eigenvalue weighted by Crippen LogP contribution is 2.14. The number of thiophene rings is 1. The number of rotatable bonds is 9. The lowest BCUT2D eigenvalue weighted by Gasteiger charge is -2.19. The molecule has 7 nitrogen and oxygen atoms in total. The van der Waals surface area contributed by atoms with Crippen LogP contribution in [0.4, 0.5) is 0 Å². The van der Waals surface area contributed by atoms with Gasteiger partial charge in [0.2, 0.25) is 15.9 Å². The van der Waals surface area contributed by atoms with E-state index in [4.69, 9.17) is 0 Å². The molecule has 0 saturated heterocycles. The summed E-state index contributed by atoms with van der Waals surface area (Å²) in [4.78, 5) is 25.4. The minimum absolute atomic E-state index is 0.0747. The van der Waals surface area contributed by atoms with Crippen LogP contribution in [-0.2, 0) is 21.4 Å². The van der Waals surface area contributed by atoms with E-state index in [9.17, 15) is 18.0 Å². The summed E-state index contributed by atoms with van der Waals surface area (Å²) >= 11 is 1.47. The number of carbonyl (C=O) groups is 2. The fourth-order valence-corrected chi connectivity index (χ4v) is 4.31. The summed E-state index contributed by atoms with van der Waals surface area (Å²) in [5, 5.41) is 7.12. The Kier molecular flexibility index (Phi) is 7.73. The van der Waals surface area contributed by atoms with Crippen LogP contribution in [0.2, 0.25) is 0 Å².